The molecule has 1 heterocycles. The number of ether oxygens (including phenoxy) is 2. The quantitative estimate of drug-likeness (QED) is 0.686. The van der Waals surface area contributed by atoms with Crippen molar-refractivity contribution < 1.29 is 14.3 Å². The molecule has 3 rings (SSSR count). The molecule has 0 aliphatic rings. The number of nitrogens with zero attached hydrogens (tertiary/aromatic N) is 1. The van der Waals surface area contributed by atoms with Crippen LogP contribution in [0.3, 0.4) is 0 Å². The van der Waals surface area contributed by atoms with Gasteiger partial charge in [-0.3, -0.25) is 9.59 Å². The van der Waals surface area contributed by atoms with Crippen LogP contribution in [0, 0.1) is 0 Å². The summed E-state index contributed by atoms with van der Waals surface area (Å²) in [6, 6.07) is 18.1. The first-order valence-electron chi connectivity index (χ1n) is 8.86. The average Bonchev–Trinajstić information content (AvgIpc) is 2.73. The minimum Gasteiger partial charge on any atom is -0.496 e. The number of hydrogen-bond donors (Lipinski definition) is 1. The van der Waals surface area contributed by atoms with E-state index in [9.17, 15) is 9.59 Å². The van der Waals surface area contributed by atoms with Crippen molar-refractivity contribution in [3.63, 3.8) is 0 Å². The fraction of sp³-hybridized carbons (Fsp3) is 0.182. The van der Waals surface area contributed by atoms with Crippen molar-refractivity contribution >= 4 is 5.91 Å². The van der Waals surface area contributed by atoms with Crippen molar-refractivity contribution in [1.29, 1.82) is 0 Å². The SMILES string of the molecule is COc1ccccc1C(=O)NCc1cc(=O)c(OCc2ccccc2)cn1C. The van der Waals surface area contributed by atoms with E-state index in [1.54, 1.807) is 42.1 Å². The Balaban J connectivity index is 1.67. The topological polar surface area (TPSA) is 69.6 Å². The number of carbonyl (C=O) groups excluding carboxylic acids is 1. The molecule has 1 amide bonds. The molecule has 0 spiro atoms. The minimum absolute atomic E-state index is 0.210. The number of hydrogen-bond acceptors (Lipinski definition) is 4. The number of benzene rings is 2. The molecule has 0 aliphatic carbocycles. The van der Waals surface area contributed by atoms with Crippen LogP contribution in [0.4, 0.5) is 0 Å². The molecular formula is C22H22N2O4. The maximum absolute atomic E-state index is 12.4. The first-order chi connectivity index (χ1) is 13.6. The highest BCUT2D eigenvalue weighted by molar-refractivity contribution is 5.96. The molecule has 6 nitrogen and oxygen atoms in total. The molecule has 28 heavy (non-hydrogen) atoms. The van der Waals surface area contributed by atoms with Gasteiger partial charge in [0.25, 0.3) is 5.91 Å². The van der Waals surface area contributed by atoms with Crippen LogP contribution in [0.15, 0.2) is 71.7 Å². The molecule has 0 saturated heterocycles. The summed E-state index contributed by atoms with van der Waals surface area (Å²) in [4.78, 5) is 24.8. The van der Waals surface area contributed by atoms with Gasteiger partial charge in [0.15, 0.2) is 5.75 Å². The van der Waals surface area contributed by atoms with E-state index in [1.165, 1.54) is 13.2 Å². The minimum atomic E-state index is -0.269. The van der Waals surface area contributed by atoms with E-state index in [1.807, 2.05) is 30.3 Å². The molecule has 1 aromatic heterocycles. The highest BCUT2D eigenvalue weighted by Gasteiger charge is 2.12. The standard InChI is InChI=1S/C22H22N2O4/c1-24-14-21(28-15-16-8-4-3-5-9-16)19(25)12-17(24)13-23-22(26)18-10-6-7-11-20(18)27-2/h3-12,14H,13,15H2,1-2H3,(H,23,26). The Bertz CT molecular complexity index is 1010. The molecule has 0 unspecified atom stereocenters. The van der Waals surface area contributed by atoms with Crippen LogP contribution in [0.5, 0.6) is 11.5 Å². The number of rotatable bonds is 7. The molecule has 2 aromatic carbocycles. The summed E-state index contributed by atoms with van der Waals surface area (Å²) in [5.41, 5.74) is 1.87. The molecular weight excluding hydrogens is 356 g/mol. The van der Waals surface area contributed by atoms with Crippen LogP contribution in [0.1, 0.15) is 21.6 Å². The van der Waals surface area contributed by atoms with Gasteiger partial charge in [-0.25, -0.2) is 0 Å². The summed E-state index contributed by atoms with van der Waals surface area (Å²) in [5, 5.41) is 2.82. The van der Waals surface area contributed by atoms with Gasteiger partial charge in [0, 0.05) is 18.8 Å². The fourth-order valence-electron chi connectivity index (χ4n) is 2.76. The van der Waals surface area contributed by atoms with Gasteiger partial charge in [-0.1, -0.05) is 42.5 Å². The van der Waals surface area contributed by atoms with Gasteiger partial charge in [0.1, 0.15) is 12.4 Å². The number of carbonyl (C=O) groups is 1. The van der Waals surface area contributed by atoms with Crippen LogP contribution in [0.2, 0.25) is 0 Å². The van der Waals surface area contributed by atoms with E-state index in [-0.39, 0.29) is 23.6 Å². The van der Waals surface area contributed by atoms with E-state index >= 15 is 0 Å². The zero-order chi connectivity index (χ0) is 19.9. The van der Waals surface area contributed by atoms with E-state index in [0.29, 0.717) is 23.6 Å². The van der Waals surface area contributed by atoms with Crippen LogP contribution in [-0.2, 0) is 20.2 Å². The summed E-state index contributed by atoms with van der Waals surface area (Å²) in [6.07, 6.45) is 1.63. The summed E-state index contributed by atoms with van der Waals surface area (Å²) in [7, 11) is 3.32. The Morgan fingerprint density at radius 2 is 1.75 bits per heavy atom. The Kier molecular flexibility index (Phi) is 6.11. The van der Waals surface area contributed by atoms with Gasteiger partial charge >= 0.3 is 0 Å². The lowest BCUT2D eigenvalue weighted by Gasteiger charge is -2.13. The lowest BCUT2D eigenvalue weighted by Crippen LogP contribution is -2.26. The van der Waals surface area contributed by atoms with Crippen molar-refractivity contribution in [1.82, 2.24) is 9.88 Å². The monoisotopic (exact) mass is 378 g/mol. The molecule has 0 fully saturated rings. The smallest absolute Gasteiger partial charge is 0.255 e. The summed E-state index contributed by atoms with van der Waals surface area (Å²) < 4.78 is 12.6. The van der Waals surface area contributed by atoms with Crippen molar-refractivity contribution in [3.05, 3.63) is 93.9 Å². The number of amides is 1. The van der Waals surface area contributed by atoms with Crippen molar-refractivity contribution in [2.24, 2.45) is 7.05 Å². The zero-order valence-corrected chi connectivity index (χ0v) is 15.8. The zero-order valence-electron chi connectivity index (χ0n) is 15.8. The molecule has 0 bridgehead atoms. The van der Waals surface area contributed by atoms with E-state index in [0.717, 1.165) is 5.56 Å². The Morgan fingerprint density at radius 3 is 2.50 bits per heavy atom. The van der Waals surface area contributed by atoms with Crippen molar-refractivity contribution in [2.75, 3.05) is 7.11 Å². The van der Waals surface area contributed by atoms with Crippen LogP contribution < -0.4 is 20.2 Å². The van der Waals surface area contributed by atoms with Gasteiger partial charge in [0.05, 0.1) is 25.4 Å². The van der Waals surface area contributed by atoms with Gasteiger partial charge in [-0.2, -0.15) is 0 Å². The number of nitrogens with one attached hydrogen (secondary N) is 1. The number of methoxy groups -OCH3 is 1. The van der Waals surface area contributed by atoms with Crippen LogP contribution in [-0.4, -0.2) is 17.6 Å². The number of para-hydroxylation sites is 1. The van der Waals surface area contributed by atoms with E-state index in [4.69, 9.17) is 9.47 Å². The maximum atomic E-state index is 12.4. The van der Waals surface area contributed by atoms with Crippen molar-refractivity contribution in [2.45, 2.75) is 13.2 Å². The largest absolute Gasteiger partial charge is 0.496 e. The Morgan fingerprint density at radius 1 is 1.04 bits per heavy atom. The maximum Gasteiger partial charge on any atom is 0.255 e. The van der Waals surface area contributed by atoms with Gasteiger partial charge in [0.2, 0.25) is 5.43 Å². The lowest BCUT2D eigenvalue weighted by atomic mass is 10.2. The summed E-state index contributed by atoms with van der Waals surface area (Å²) >= 11 is 0. The second-order valence-electron chi connectivity index (χ2n) is 6.26. The molecule has 3 aromatic rings. The molecule has 0 saturated carbocycles. The highest BCUT2D eigenvalue weighted by Crippen LogP contribution is 2.17. The molecule has 1 N–H and O–H groups in total. The summed E-state index contributed by atoms with van der Waals surface area (Å²) in [5.74, 6) is 0.499. The number of pyridine rings is 1. The number of aryl methyl sites for hydroxylation is 1. The third kappa shape index (κ3) is 4.59. The third-order valence-corrected chi connectivity index (χ3v) is 4.32. The van der Waals surface area contributed by atoms with E-state index in [2.05, 4.69) is 5.32 Å². The lowest BCUT2D eigenvalue weighted by molar-refractivity contribution is 0.0947. The van der Waals surface area contributed by atoms with Gasteiger partial charge < -0.3 is 19.4 Å². The first kappa shape index (κ1) is 19.2. The Labute approximate surface area is 163 Å². The third-order valence-electron chi connectivity index (χ3n) is 4.32. The van der Waals surface area contributed by atoms with Gasteiger partial charge in [-0.15, -0.1) is 0 Å². The molecule has 144 valence electrons. The average molecular weight is 378 g/mol. The first-order valence-corrected chi connectivity index (χ1v) is 8.86. The molecule has 6 heteroatoms. The van der Waals surface area contributed by atoms with E-state index < -0.39 is 0 Å². The molecule has 0 radical (unpaired) electrons. The fourth-order valence-corrected chi connectivity index (χ4v) is 2.76. The van der Waals surface area contributed by atoms with Gasteiger partial charge in [-0.05, 0) is 17.7 Å². The highest BCUT2D eigenvalue weighted by atomic mass is 16.5. The Hall–Kier alpha value is -3.54. The second-order valence-corrected chi connectivity index (χ2v) is 6.26. The van der Waals surface area contributed by atoms with Crippen LogP contribution in [0.25, 0.3) is 0 Å². The molecule has 0 atom stereocenters. The van der Waals surface area contributed by atoms with Crippen LogP contribution >= 0.6 is 0 Å². The van der Waals surface area contributed by atoms with Crippen molar-refractivity contribution in [3.8, 4) is 11.5 Å². The summed E-state index contributed by atoms with van der Waals surface area (Å²) in [6.45, 7) is 0.529. The normalized spacial score (nSPS) is 10.4. The predicted molar refractivity (Wildman–Crippen MR) is 107 cm³/mol. The molecule has 0 aliphatic heterocycles. The number of aromatic nitrogens is 1. The predicted octanol–water partition coefficient (Wildman–Crippen LogP) is 2.90. The second kappa shape index (κ2) is 8.90.